The van der Waals surface area contributed by atoms with Crippen molar-refractivity contribution in [1.29, 1.82) is 0 Å². The monoisotopic (exact) mass is 278 g/mol. The van der Waals surface area contributed by atoms with E-state index in [2.05, 4.69) is 10.2 Å². The van der Waals surface area contributed by atoms with Gasteiger partial charge in [-0.1, -0.05) is 0 Å². The molecule has 0 aromatic carbocycles. The molecule has 5 nitrogen and oxygen atoms in total. The van der Waals surface area contributed by atoms with Crippen molar-refractivity contribution in [3.8, 4) is 0 Å². The molecule has 1 aromatic heterocycles. The number of hydrogen-bond donors (Lipinski definition) is 1. The van der Waals surface area contributed by atoms with Gasteiger partial charge >= 0.3 is 5.97 Å². The Morgan fingerprint density at radius 2 is 2.40 bits per heavy atom. The highest BCUT2D eigenvalue weighted by Crippen LogP contribution is 2.36. The molecule has 1 aromatic rings. The Bertz CT molecular complexity index is 477. The summed E-state index contributed by atoms with van der Waals surface area (Å²) in [5, 5.41) is 3.46. The fraction of sp³-hybridized carbons (Fsp3) is 0.667. The molecule has 20 heavy (non-hydrogen) atoms. The van der Waals surface area contributed by atoms with Crippen LogP contribution in [0, 0.1) is 5.41 Å². The van der Waals surface area contributed by atoms with E-state index in [1.807, 2.05) is 6.07 Å². The van der Waals surface area contributed by atoms with Gasteiger partial charge in [-0.2, -0.15) is 0 Å². The summed E-state index contributed by atoms with van der Waals surface area (Å²) in [6.45, 7) is 7.45. The number of nitrogens with one attached hydrogen (secondary N) is 1. The zero-order valence-electron chi connectivity index (χ0n) is 12.0. The van der Waals surface area contributed by atoms with Crippen molar-refractivity contribution < 1.29 is 13.9 Å². The largest absolute Gasteiger partial charge is 0.460 e. The van der Waals surface area contributed by atoms with Crippen LogP contribution >= 0.6 is 0 Å². The first-order valence-electron chi connectivity index (χ1n) is 7.40. The number of ether oxygens (including phenoxy) is 1. The summed E-state index contributed by atoms with van der Waals surface area (Å²) >= 11 is 0. The van der Waals surface area contributed by atoms with Crippen molar-refractivity contribution in [2.45, 2.75) is 26.3 Å². The first kappa shape index (κ1) is 13.6. The van der Waals surface area contributed by atoms with Crippen LogP contribution in [0.5, 0.6) is 0 Å². The maximum absolute atomic E-state index is 11.6. The molecule has 1 atom stereocenters. The summed E-state index contributed by atoms with van der Waals surface area (Å²) in [7, 11) is 0. The van der Waals surface area contributed by atoms with Crippen molar-refractivity contribution >= 4 is 5.97 Å². The quantitative estimate of drug-likeness (QED) is 0.849. The standard InChI is InChI=1S/C15H22N2O3/c1-2-19-14(18)13-4-3-12(20-13)9-17-8-6-15(11-17)5-7-16-10-15/h3-4,16H,2,5-11H2,1H3. The fourth-order valence-electron chi connectivity index (χ4n) is 3.30. The van der Waals surface area contributed by atoms with Crippen molar-refractivity contribution in [2.75, 3.05) is 32.8 Å². The highest BCUT2D eigenvalue weighted by atomic mass is 16.5. The van der Waals surface area contributed by atoms with Crippen LogP contribution in [0.1, 0.15) is 36.1 Å². The van der Waals surface area contributed by atoms with E-state index in [9.17, 15) is 4.79 Å². The van der Waals surface area contributed by atoms with Gasteiger partial charge in [0.25, 0.3) is 0 Å². The second-order valence-electron chi connectivity index (χ2n) is 5.87. The molecule has 110 valence electrons. The first-order chi connectivity index (χ1) is 9.71. The van der Waals surface area contributed by atoms with Crippen LogP contribution in [0.15, 0.2) is 16.5 Å². The van der Waals surface area contributed by atoms with Crippen LogP contribution in [0.3, 0.4) is 0 Å². The molecule has 0 amide bonds. The number of esters is 1. The average molecular weight is 278 g/mol. The van der Waals surface area contributed by atoms with Crippen LogP contribution in [0.25, 0.3) is 0 Å². The highest BCUT2D eigenvalue weighted by Gasteiger charge is 2.40. The van der Waals surface area contributed by atoms with E-state index in [1.54, 1.807) is 13.0 Å². The number of hydrogen-bond acceptors (Lipinski definition) is 5. The number of likely N-dealkylation sites (tertiary alicyclic amines) is 1. The van der Waals surface area contributed by atoms with Gasteiger partial charge in [0.2, 0.25) is 5.76 Å². The lowest BCUT2D eigenvalue weighted by Gasteiger charge is -2.22. The summed E-state index contributed by atoms with van der Waals surface area (Å²) in [5.74, 6) is 0.769. The maximum atomic E-state index is 11.6. The van der Waals surface area contributed by atoms with Crippen molar-refractivity contribution in [1.82, 2.24) is 10.2 Å². The minimum atomic E-state index is -0.378. The fourth-order valence-corrected chi connectivity index (χ4v) is 3.30. The second kappa shape index (κ2) is 5.58. The third kappa shape index (κ3) is 2.74. The Morgan fingerprint density at radius 1 is 1.50 bits per heavy atom. The normalized spacial score (nSPS) is 26.4. The van der Waals surface area contributed by atoms with Crippen LogP contribution in [0.4, 0.5) is 0 Å². The molecule has 2 fully saturated rings. The van der Waals surface area contributed by atoms with E-state index in [-0.39, 0.29) is 5.97 Å². The third-order valence-electron chi connectivity index (χ3n) is 4.37. The lowest BCUT2D eigenvalue weighted by molar-refractivity contribution is 0.0486. The van der Waals surface area contributed by atoms with Crippen molar-refractivity contribution in [2.24, 2.45) is 5.41 Å². The predicted octanol–water partition coefficient (Wildman–Crippen LogP) is 1.64. The molecular formula is C15H22N2O3. The number of nitrogens with zero attached hydrogens (tertiary/aromatic N) is 1. The number of carbonyl (C=O) groups excluding carboxylic acids is 1. The van der Waals surface area contributed by atoms with Gasteiger partial charge in [-0.3, -0.25) is 4.90 Å². The van der Waals surface area contributed by atoms with E-state index >= 15 is 0 Å². The molecule has 2 aliphatic heterocycles. The predicted molar refractivity (Wildman–Crippen MR) is 74.5 cm³/mol. The van der Waals surface area contributed by atoms with Crippen LogP contribution in [-0.4, -0.2) is 43.7 Å². The molecule has 5 heteroatoms. The number of furan rings is 1. The SMILES string of the molecule is CCOC(=O)c1ccc(CN2CCC3(CCNC3)C2)o1. The molecule has 1 spiro atoms. The lowest BCUT2D eigenvalue weighted by Crippen LogP contribution is -2.28. The third-order valence-corrected chi connectivity index (χ3v) is 4.37. The Kier molecular flexibility index (Phi) is 3.81. The molecule has 0 saturated carbocycles. The van der Waals surface area contributed by atoms with E-state index in [0.29, 0.717) is 17.8 Å². The van der Waals surface area contributed by atoms with Crippen LogP contribution in [0.2, 0.25) is 0 Å². The minimum Gasteiger partial charge on any atom is -0.460 e. The topological polar surface area (TPSA) is 54.7 Å². The van der Waals surface area contributed by atoms with E-state index in [4.69, 9.17) is 9.15 Å². The van der Waals surface area contributed by atoms with Gasteiger partial charge in [0, 0.05) is 13.1 Å². The average Bonchev–Trinajstić information content (AvgIpc) is 3.14. The zero-order chi connectivity index (χ0) is 14.0. The molecule has 0 aliphatic carbocycles. The van der Waals surface area contributed by atoms with Crippen molar-refractivity contribution in [3.63, 3.8) is 0 Å². The van der Waals surface area contributed by atoms with E-state index < -0.39 is 0 Å². The Balaban J connectivity index is 1.57. The minimum absolute atomic E-state index is 0.304. The molecular weight excluding hydrogens is 256 g/mol. The zero-order valence-corrected chi connectivity index (χ0v) is 12.0. The maximum Gasteiger partial charge on any atom is 0.374 e. The molecule has 0 bridgehead atoms. The van der Waals surface area contributed by atoms with Crippen LogP contribution in [-0.2, 0) is 11.3 Å². The highest BCUT2D eigenvalue weighted by molar-refractivity contribution is 5.86. The smallest absolute Gasteiger partial charge is 0.374 e. The summed E-state index contributed by atoms with van der Waals surface area (Å²) in [6.07, 6.45) is 2.53. The molecule has 2 saturated heterocycles. The first-order valence-corrected chi connectivity index (χ1v) is 7.40. The van der Waals surface area contributed by atoms with E-state index in [1.165, 1.54) is 12.8 Å². The second-order valence-corrected chi connectivity index (χ2v) is 5.87. The van der Waals surface area contributed by atoms with Crippen molar-refractivity contribution in [3.05, 3.63) is 23.7 Å². The molecule has 1 unspecified atom stereocenters. The van der Waals surface area contributed by atoms with Gasteiger partial charge < -0.3 is 14.5 Å². The van der Waals surface area contributed by atoms with Gasteiger partial charge in [-0.15, -0.1) is 0 Å². The van der Waals surface area contributed by atoms with E-state index in [0.717, 1.165) is 38.5 Å². The summed E-state index contributed by atoms with van der Waals surface area (Å²) in [6, 6.07) is 3.58. The Morgan fingerprint density at radius 3 is 3.15 bits per heavy atom. The lowest BCUT2D eigenvalue weighted by atomic mass is 9.87. The molecule has 2 aliphatic rings. The van der Waals surface area contributed by atoms with Crippen LogP contribution < -0.4 is 5.32 Å². The van der Waals surface area contributed by atoms with Gasteiger partial charge in [-0.25, -0.2) is 4.79 Å². The van der Waals surface area contributed by atoms with Gasteiger partial charge in [0.1, 0.15) is 5.76 Å². The van der Waals surface area contributed by atoms with Gasteiger partial charge in [-0.05, 0) is 50.4 Å². The summed E-state index contributed by atoms with van der Waals surface area (Å²) in [4.78, 5) is 14.0. The summed E-state index contributed by atoms with van der Waals surface area (Å²) in [5.41, 5.74) is 0.469. The number of rotatable bonds is 4. The van der Waals surface area contributed by atoms with Gasteiger partial charge in [0.05, 0.1) is 13.2 Å². The van der Waals surface area contributed by atoms with Gasteiger partial charge in [0.15, 0.2) is 0 Å². The molecule has 3 heterocycles. The molecule has 3 rings (SSSR count). The molecule has 1 N–H and O–H groups in total. The number of carbonyl (C=O) groups is 1. The summed E-state index contributed by atoms with van der Waals surface area (Å²) < 4.78 is 10.5. The Labute approximate surface area is 119 Å². The molecule has 0 radical (unpaired) electrons. The Hall–Kier alpha value is -1.33.